The van der Waals surface area contributed by atoms with Crippen molar-refractivity contribution >= 4 is 68.5 Å². The fourth-order valence-corrected chi connectivity index (χ4v) is 3.92. The summed E-state index contributed by atoms with van der Waals surface area (Å²) in [5.41, 5.74) is 3.51. The van der Waals surface area contributed by atoms with Crippen LogP contribution in [-0.4, -0.2) is 50.5 Å². The second kappa shape index (κ2) is 9.90. The third-order valence-corrected chi connectivity index (χ3v) is 6.62. The molecule has 4 heterocycles. The number of hydrogen-bond acceptors (Lipinski definition) is 6. The van der Waals surface area contributed by atoms with E-state index < -0.39 is 8.07 Å². The van der Waals surface area contributed by atoms with E-state index in [0.717, 1.165) is 34.7 Å². The van der Waals surface area contributed by atoms with Gasteiger partial charge in [-0.2, -0.15) is 0 Å². The van der Waals surface area contributed by atoms with E-state index in [0.29, 0.717) is 28.1 Å². The van der Waals surface area contributed by atoms with E-state index in [1.54, 1.807) is 18.6 Å². The highest BCUT2D eigenvalue weighted by Crippen LogP contribution is 2.19. The predicted octanol–water partition coefficient (Wildman–Crippen LogP) is 5.04. The molecular weight excluding hydrogens is 532 g/mol. The van der Waals surface area contributed by atoms with Crippen LogP contribution < -0.4 is 0 Å². The Morgan fingerprint density at radius 2 is 1.90 bits per heavy atom. The Bertz CT molecular complexity index is 1160. The smallest absolute Gasteiger partial charge is 0.161 e. The lowest BCUT2D eigenvalue weighted by Crippen LogP contribution is -2.22. The molecule has 0 fully saturated rings. The van der Waals surface area contributed by atoms with Crippen molar-refractivity contribution in [2.75, 3.05) is 6.61 Å². The lowest BCUT2D eigenvalue weighted by atomic mass is 10.3. The molecule has 11 heteroatoms. The maximum Gasteiger partial charge on any atom is 0.161 e. The number of ether oxygens (including phenoxy) is 1. The highest BCUT2D eigenvalue weighted by atomic mass is 79.9. The molecule has 8 nitrogen and oxygen atoms in total. The van der Waals surface area contributed by atoms with Crippen LogP contribution in [0.25, 0.3) is 22.3 Å². The monoisotopic (exact) mass is 552 g/mol. The quantitative estimate of drug-likeness (QED) is 0.204. The Labute approximate surface area is 191 Å². The fourth-order valence-electron chi connectivity index (χ4n) is 2.59. The average molecular weight is 554 g/mol. The molecule has 0 unspecified atom stereocenters. The summed E-state index contributed by atoms with van der Waals surface area (Å²) < 4.78 is 8.90. The van der Waals surface area contributed by atoms with E-state index in [9.17, 15) is 4.79 Å². The van der Waals surface area contributed by atoms with Crippen LogP contribution in [0.15, 0.2) is 40.1 Å². The molecule has 0 radical (unpaired) electrons. The number of carbonyl (C=O) groups is 1. The van der Waals surface area contributed by atoms with E-state index in [1.807, 2.05) is 16.8 Å². The van der Waals surface area contributed by atoms with E-state index in [1.165, 1.54) is 0 Å². The van der Waals surface area contributed by atoms with Crippen molar-refractivity contribution in [2.24, 2.45) is 0 Å². The number of nitrogens with zero attached hydrogens (tertiary/aromatic N) is 5. The number of H-pyrrole nitrogens is 1. The van der Waals surface area contributed by atoms with Crippen molar-refractivity contribution in [1.82, 2.24) is 29.5 Å². The van der Waals surface area contributed by atoms with E-state index >= 15 is 0 Å². The summed E-state index contributed by atoms with van der Waals surface area (Å²) in [7, 11) is -1.08. The molecule has 0 aliphatic rings. The summed E-state index contributed by atoms with van der Waals surface area (Å²) in [5.74, 6) is 0. The minimum absolute atomic E-state index is 0.394. The van der Waals surface area contributed by atoms with Gasteiger partial charge in [0, 0.05) is 27.1 Å². The number of rotatable bonds is 6. The van der Waals surface area contributed by atoms with Gasteiger partial charge in [-0.05, 0) is 44.0 Å². The first-order chi connectivity index (χ1) is 14.3. The molecule has 0 saturated carbocycles. The van der Waals surface area contributed by atoms with Gasteiger partial charge in [-0.15, -0.1) is 0 Å². The number of aldehydes is 1. The number of aromatic nitrogens is 6. The highest BCUT2D eigenvalue weighted by Gasteiger charge is 2.14. The van der Waals surface area contributed by atoms with E-state index in [2.05, 4.69) is 76.4 Å². The zero-order valence-corrected chi connectivity index (χ0v) is 21.1. The van der Waals surface area contributed by atoms with E-state index in [-0.39, 0.29) is 0 Å². The first-order valence-electron chi connectivity index (χ1n) is 9.27. The second-order valence-electron chi connectivity index (χ2n) is 7.79. The normalized spacial score (nSPS) is 11.5. The molecule has 0 aliphatic carbocycles. The maximum atomic E-state index is 11.1. The van der Waals surface area contributed by atoms with Gasteiger partial charge in [0.15, 0.2) is 17.6 Å². The van der Waals surface area contributed by atoms with Crippen molar-refractivity contribution in [2.45, 2.75) is 32.4 Å². The largest absolute Gasteiger partial charge is 0.361 e. The van der Waals surface area contributed by atoms with Crippen LogP contribution >= 0.6 is 31.9 Å². The van der Waals surface area contributed by atoms with Gasteiger partial charge in [0.2, 0.25) is 0 Å². The average Bonchev–Trinajstić information content (AvgIpc) is 3.28. The van der Waals surface area contributed by atoms with Gasteiger partial charge >= 0.3 is 0 Å². The second-order valence-corrected chi connectivity index (χ2v) is 15.0. The maximum absolute atomic E-state index is 11.1. The van der Waals surface area contributed by atoms with Crippen LogP contribution in [0.3, 0.4) is 0 Å². The Hall–Kier alpha value is -1.95. The molecule has 0 aromatic carbocycles. The van der Waals surface area contributed by atoms with Crippen molar-refractivity contribution in [1.29, 1.82) is 0 Å². The number of fused-ring (bicyclic) bond motifs is 2. The third-order valence-electron chi connectivity index (χ3n) is 4.15. The number of nitrogens with one attached hydrogen (secondary N) is 1. The van der Waals surface area contributed by atoms with Crippen molar-refractivity contribution in [3.8, 4) is 0 Å². The minimum Gasteiger partial charge on any atom is -0.361 e. The van der Waals surface area contributed by atoms with Crippen LogP contribution in [0.4, 0.5) is 0 Å². The molecule has 158 valence electrons. The predicted molar refractivity (Wildman–Crippen MR) is 126 cm³/mol. The summed E-state index contributed by atoms with van der Waals surface area (Å²) in [4.78, 5) is 30.8. The summed E-state index contributed by atoms with van der Waals surface area (Å²) in [6, 6.07) is 3.00. The van der Waals surface area contributed by atoms with Gasteiger partial charge in [-0.3, -0.25) is 4.79 Å². The molecule has 0 amide bonds. The summed E-state index contributed by atoms with van der Waals surface area (Å²) in [5, 5.41) is 0. The van der Waals surface area contributed by atoms with Gasteiger partial charge < -0.3 is 14.3 Å². The van der Waals surface area contributed by atoms with Crippen molar-refractivity contribution < 1.29 is 9.53 Å². The Morgan fingerprint density at radius 1 is 1.17 bits per heavy atom. The topological polar surface area (TPSA) is 98.6 Å². The molecule has 0 atom stereocenters. The van der Waals surface area contributed by atoms with Crippen LogP contribution in [0.5, 0.6) is 0 Å². The van der Waals surface area contributed by atoms with Gasteiger partial charge in [0.05, 0.1) is 18.0 Å². The summed E-state index contributed by atoms with van der Waals surface area (Å²) >= 11 is 6.49. The number of carbonyl (C=O) groups excluding carboxylic acids is 1. The molecule has 0 saturated heterocycles. The van der Waals surface area contributed by atoms with Crippen LogP contribution in [-0.2, 0) is 11.5 Å². The number of aromatic amines is 1. The summed E-state index contributed by atoms with van der Waals surface area (Å²) in [6.45, 7) is 8.07. The molecule has 1 N–H and O–H groups in total. The lowest BCUT2D eigenvalue weighted by molar-refractivity contribution is 0.0897. The molecule has 0 bridgehead atoms. The Morgan fingerprint density at radius 3 is 2.63 bits per heavy atom. The highest BCUT2D eigenvalue weighted by molar-refractivity contribution is 9.10. The number of halogens is 2. The number of hydrogen-bond donors (Lipinski definition) is 1. The minimum atomic E-state index is -1.08. The zero-order valence-electron chi connectivity index (χ0n) is 16.9. The van der Waals surface area contributed by atoms with Crippen LogP contribution in [0, 0.1) is 0 Å². The van der Waals surface area contributed by atoms with Crippen molar-refractivity contribution in [3.63, 3.8) is 0 Å². The SMILES string of the molecule is Brc1cnc2[nH]ccc2n1.C[Si](C)(C)CCOCn1cc(C=O)c2nc(Br)cnc21. The molecule has 0 aliphatic heterocycles. The molecule has 4 rings (SSSR count). The first kappa shape index (κ1) is 22.7. The fraction of sp³-hybridized carbons (Fsp3) is 0.316. The van der Waals surface area contributed by atoms with Gasteiger partial charge in [-0.1, -0.05) is 19.6 Å². The van der Waals surface area contributed by atoms with E-state index in [4.69, 9.17) is 4.74 Å². The Kier molecular flexibility index (Phi) is 7.50. The third kappa shape index (κ3) is 6.03. The zero-order chi connectivity index (χ0) is 21.7. The molecule has 4 aromatic heterocycles. The van der Waals surface area contributed by atoms with Gasteiger partial charge in [0.25, 0.3) is 0 Å². The van der Waals surface area contributed by atoms with Crippen LogP contribution in [0.2, 0.25) is 25.7 Å². The Balaban J connectivity index is 0.000000212. The lowest BCUT2D eigenvalue weighted by Gasteiger charge is -2.15. The standard InChI is InChI=1S/C13H18BrN3O2Si.C6H4BrN3/c1-20(2,3)5-4-19-9-17-7-10(8-18)12-13(17)15-6-11(14)16-12;7-5-3-9-6-4(10-5)1-2-8-6/h6-8H,4-5,9H2,1-3H3;1-3H,(H,8,9). The van der Waals surface area contributed by atoms with Gasteiger partial charge in [-0.25, -0.2) is 19.9 Å². The first-order valence-corrected chi connectivity index (χ1v) is 14.6. The molecule has 30 heavy (non-hydrogen) atoms. The molecular formula is C19H22Br2N6O2Si. The molecule has 4 aromatic rings. The molecule has 0 spiro atoms. The van der Waals surface area contributed by atoms with Gasteiger partial charge in [0.1, 0.15) is 27.0 Å². The van der Waals surface area contributed by atoms with Crippen molar-refractivity contribution in [3.05, 3.63) is 45.6 Å². The summed E-state index contributed by atoms with van der Waals surface area (Å²) in [6.07, 6.45) is 7.63. The van der Waals surface area contributed by atoms with Crippen LogP contribution in [0.1, 0.15) is 10.4 Å².